The summed E-state index contributed by atoms with van der Waals surface area (Å²) >= 11 is 0. The van der Waals surface area contributed by atoms with Gasteiger partial charge in [-0.15, -0.1) is 0 Å². The van der Waals surface area contributed by atoms with E-state index in [4.69, 9.17) is 4.74 Å². The Morgan fingerprint density at radius 2 is 2.27 bits per heavy atom. The quantitative estimate of drug-likeness (QED) is 0.609. The van der Waals surface area contributed by atoms with E-state index in [0.29, 0.717) is 0 Å². The van der Waals surface area contributed by atoms with E-state index in [9.17, 15) is 0 Å². The number of aliphatic imine (C=N–C) groups is 1. The van der Waals surface area contributed by atoms with Gasteiger partial charge in [-0.2, -0.15) is 0 Å². The fraction of sp³-hybridized carbons (Fsp3) is 0.667. The van der Waals surface area contributed by atoms with Crippen LogP contribution in [0.5, 0.6) is 0 Å². The molecule has 1 heterocycles. The summed E-state index contributed by atoms with van der Waals surface area (Å²) in [5.41, 5.74) is 2.41. The third kappa shape index (κ3) is 1.62. The first kappa shape index (κ1) is 8.31. The van der Waals surface area contributed by atoms with Crippen molar-refractivity contribution in [1.29, 1.82) is 0 Å². The summed E-state index contributed by atoms with van der Waals surface area (Å²) in [4.78, 5) is 4.38. The van der Waals surface area contributed by atoms with Crippen LogP contribution >= 0.6 is 0 Å². The first-order valence-electron chi connectivity index (χ1n) is 4.07. The standard InChI is InChI=1S/C9H15NO/c1-4-5-8-9(11-3)7(2)6-10-8/h4-6H2,1-3H3. The molecule has 0 aromatic heterocycles. The summed E-state index contributed by atoms with van der Waals surface area (Å²) in [5, 5.41) is 0. The lowest BCUT2D eigenvalue weighted by atomic mass is 10.1. The van der Waals surface area contributed by atoms with Gasteiger partial charge < -0.3 is 4.74 Å². The predicted molar refractivity (Wildman–Crippen MR) is 46.9 cm³/mol. The smallest absolute Gasteiger partial charge is 0.140 e. The van der Waals surface area contributed by atoms with Crippen molar-refractivity contribution in [2.45, 2.75) is 26.7 Å². The zero-order chi connectivity index (χ0) is 8.27. The van der Waals surface area contributed by atoms with Crippen molar-refractivity contribution >= 4 is 5.71 Å². The Morgan fingerprint density at radius 1 is 1.55 bits per heavy atom. The van der Waals surface area contributed by atoms with Gasteiger partial charge in [0.05, 0.1) is 19.4 Å². The number of allylic oxidation sites excluding steroid dienone is 1. The molecule has 0 amide bonds. The molecule has 1 aliphatic rings. The minimum Gasteiger partial charge on any atom is -0.495 e. The van der Waals surface area contributed by atoms with E-state index in [2.05, 4.69) is 18.8 Å². The van der Waals surface area contributed by atoms with Crippen molar-refractivity contribution in [1.82, 2.24) is 0 Å². The molecule has 0 unspecified atom stereocenters. The van der Waals surface area contributed by atoms with Gasteiger partial charge in [0.15, 0.2) is 0 Å². The highest BCUT2D eigenvalue weighted by Gasteiger charge is 2.15. The van der Waals surface area contributed by atoms with E-state index in [-0.39, 0.29) is 0 Å². The first-order valence-corrected chi connectivity index (χ1v) is 4.07. The summed E-state index contributed by atoms with van der Waals surface area (Å²) in [6.07, 6.45) is 2.18. The zero-order valence-electron chi connectivity index (χ0n) is 7.48. The summed E-state index contributed by atoms with van der Waals surface area (Å²) in [6, 6.07) is 0. The van der Waals surface area contributed by atoms with Gasteiger partial charge in [0.1, 0.15) is 5.76 Å². The van der Waals surface area contributed by atoms with Crippen LogP contribution in [-0.4, -0.2) is 19.4 Å². The second-order valence-corrected chi connectivity index (χ2v) is 2.83. The summed E-state index contributed by atoms with van der Waals surface area (Å²) < 4.78 is 5.24. The lowest BCUT2D eigenvalue weighted by molar-refractivity contribution is 0.311. The molecular weight excluding hydrogens is 138 g/mol. The van der Waals surface area contributed by atoms with Gasteiger partial charge >= 0.3 is 0 Å². The fourth-order valence-corrected chi connectivity index (χ4v) is 1.33. The van der Waals surface area contributed by atoms with Gasteiger partial charge in [-0.3, -0.25) is 4.99 Å². The molecule has 0 fully saturated rings. The SMILES string of the molecule is CCCC1=NCC(C)=C1OC. The van der Waals surface area contributed by atoms with Gasteiger partial charge in [-0.25, -0.2) is 0 Å². The summed E-state index contributed by atoms with van der Waals surface area (Å²) in [7, 11) is 1.72. The first-order chi connectivity index (χ1) is 5.29. The van der Waals surface area contributed by atoms with Crippen LogP contribution in [0.3, 0.4) is 0 Å². The molecule has 1 aliphatic heterocycles. The molecule has 0 saturated heterocycles. The minimum atomic E-state index is 0.832. The second-order valence-electron chi connectivity index (χ2n) is 2.83. The normalized spacial score (nSPS) is 17.2. The second kappa shape index (κ2) is 3.56. The van der Waals surface area contributed by atoms with E-state index >= 15 is 0 Å². The molecule has 0 bridgehead atoms. The lowest BCUT2D eigenvalue weighted by Crippen LogP contribution is -2.01. The van der Waals surface area contributed by atoms with E-state index < -0.39 is 0 Å². The highest BCUT2D eigenvalue weighted by atomic mass is 16.5. The largest absolute Gasteiger partial charge is 0.495 e. The van der Waals surface area contributed by atoms with Gasteiger partial charge in [-0.05, 0) is 18.9 Å². The molecule has 0 saturated carbocycles. The van der Waals surface area contributed by atoms with Crippen molar-refractivity contribution in [3.63, 3.8) is 0 Å². The predicted octanol–water partition coefficient (Wildman–Crippen LogP) is 2.16. The third-order valence-corrected chi connectivity index (χ3v) is 1.85. The topological polar surface area (TPSA) is 21.6 Å². The van der Waals surface area contributed by atoms with Crippen LogP contribution < -0.4 is 0 Å². The molecule has 1 rings (SSSR count). The average Bonchev–Trinajstić information content (AvgIpc) is 2.33. The molecule has 0 atom stereocenters. The van der Waals surface area contributed by atoms with Crippen molar-refractivity contribution in [3.8, 4) is 0 Å². The van der Waals surface area contributed by atoms with Crippen LogP contribution in [0.1, 0.15) is 26.7 Å². The highest BCUT2D eigenvalue weighted by molar-refractivity contribution is 6.00. The molecule has 0 spiro atoms. The van der Waals surface area contributed by atoms with E-state index in [1.54, 1.807) is 7.11 Å². The monoisotopic (exact) mass is 153 g/mol. The Bertz CT molecular complexity index is 204. The maximum Gasteiger partial charge on any atom is 0.140 e. The molecule has 2 heteroatoms. The van der Waals surface area contributed by atoms with Gasteiger partial charge in [-0.1, -0.05) is 13.3 Å². The van der Waals surface area contributed by atoms with Crippen molar-refractivity contribution in [2.75, 3.05) is 13.7 Å². The molecule has 0 aromatic rings. The van der Waals surface area contributed by atoms with Crippen molar-refractivity contribution < 1.29 is 4.74 Å². The van der Waals surface area contributed by atoms with Crippen LogP contribution in [0.15, 0.2) is 16.3 Å². The molecule has 11 heavy (non-hydrogen) atoms. The van der Waals surface area contributed by atoms with Crippen LogP contribution in [0.4, 0.5) is 0 Å². The Balaban J connectivity index is 2.68. The van der Waals surface area contributed by atoms with Crippen LogP contribution in [0.25, 0.3) is 0 Å². The number of methoxy groups -OCH3 is 1. The van der Waals surface area contributed by atoms with Crippen LogP contribution in [0, 0.1) is 0 Å². The Kier molecular flexibility index (Phi) is 2.69. The molecular formula is C9H15NO. The van der Waals surface area contributed by atoms with Crippen LogP contribution in [0.2, 0.25) is 0 Å². The molecule has 2 nitrogen and oxygen atoms in total. The minimum absolute atomic E-state index is 0.832. The van der Waals surface area contributed by atoms with Gasteiger partial charge in [0.2, 0.25) is 0 Å². The number of hydrogen-bond donors (Lipinski definition) is 0. The number of nitrogens with zero attached hydrogens (tertiary/aromatic N) is 1. The lowest BCUT2D eigenvalue weighted by Gasteiger charge is -2.04. The van der Waals surface area contributed by atoms with E-state index in [1.807, 2.05) is 0 Å². The molecule has 0 aromatic carbocycles. The average molecular weight is 153 g/mol. The molecule has 0 radical (unpaired) electrons. The van der Waals surface area contributed by atoms with Gasteiger partial charge in [0.25, 0.3) is 0 Å². The summed E-state index contributed by atoms with van der Waals surface area (Å²) in [6.45, 7) is 5.06. The number of rotatable bonds is 3. The fourth-order valence-electron chi connectivity index (χ4n) is 1.33. The number of hydrogen-bond acceptors (Lipinski definition) is 2. The highest BCUT2D eigenvalue weighted by Crippen LogP contribution is 2.17. The molecule has 0 N–H and O–H groups in total. The van der Waals surface area contributed by atoms with E-state index in [1.165, 1.54) is 5.57 Å². The zero-order valence-corrected chi connectivity index (χ0v) is 7.48. The third-order valence-electron chi connectivity index (χ3n) is 1.85. The number of ether oxygens (including phenoxy) is 1. The molecule has 0 aliphatic carbocycles. The van der Waals surface area contributed by atoms with Crippen molar-refractivity contribution in [3.05, 3.63) is 11.3 Å². The van der Waals surface area contributed by atoms with E-state index in [0.717, 1.165) is 30.9 Å². The van der Waals surface area contributed by atoms with Gasteiger partial charge in [0, 0.05) is 0 Å². The Labute approximate surface area is 68.0 Å². The molecule has 62 valence electrons. The Morgan fingerprint density at radius 3 is 2.82 bits per heavy atom. The maximum absolute atomic E-state index is 5.24. The van der Waals surface area contributed by atoms with Crippen molar-refractivity contribution in [2.24, 2.45) is 4.99 Å². The van der Waals surface area contributed by atoms with Crippen LogP contribution in [-0.2, 0) is 4.74 Å². The Hall–Kier alpha value is -0.790. The summed E-state index contributed by atoms with van der Waals surface area (Å²) in [5.74, 6) is 1.02. The maximum atomic E-state index is 5.24.